The third kappa shape index (κ3) is 5.02. The number of hydrogen-bond donors (Lipinski definition) is 3. The molecule has 2 saturated carbocycles. The van der Waals surface area contributed by atoms with Crippen LogP contribution in [0, 0.1) is 17.3 Å². The molecular weight excluding hydrogens is 340 g/mol. The summed E-state index contributed by atoms with van der Waals surface area (Å²) >= 11 is 0. The van der Waals surface area contributed by atoms with Gasteiger partial charge in [0.2, 0.25) is 0 Å². The standard InChI is InChI=1S/C22H34N2O3/c1-22(2,3)20(24-17-12-15-9-10-16(17)11-15)19(25)18(27-21(23)26)13-14-7-5-4-6-8-14/h4-8,15-20,24-25H,9-13H2,1-3H3,(H2,23,26)/t15?,16?,17-,18-,19+,20?/m0/s1. The van der Waals surface area contributed by atoms with E-state index in [2.05, 4.69) is 26.1 Å². The van der Waals surface area contributed by atoms with Gasteiger partial charge in [0.05, 0.1) is 0 Å². The molecule has 2 aliphatic carbocycles. The van der Waals surface area contributed by atoms with Crippen molar-refractivity contribution < 1.29 is 14.6 Å². The number of carbonyl (C=O) groups is 1. The van der Waals surface area contributed by atoms with Crippen LogP contribution >= 0.6 is 0 Å². The Morgan fingerprint density at radius 2 is 1.96 bits per heavy atom. The summed E-state index contributed by atoms with van der Waals surface area (Å²) in [7, 11) is 0. The lowest BCUT2D eigenvalue weighted by Gasteiger charge is -2.41. The molecule has 0 aromatic heterocycles. The van der Waals surface area contributed by atoms with Crippen LogP contribution in [-0.2, 0) is 11.2 Å². The third-order valence-corrected chi connectivity index (χ3v) is 6.33. The largest absolute Gasteiger partial charge is 0.443 e. The molecule has 1 amide bonds. The van der Waals surface area contributed by atoms with E-state index in [1.807, 2.05) is 30.3 Å². The Bertz CT molecular complexity index is 628. The van der Waals surface area contributed by atoms with Gasteiger partial charge >= 0.3 is 6.09 Å². The molecule has 5 nitrogen and oxygen atoms in total. The topological polar surface area (TPSA) is 84.6 Å². The van der Waals surface area contributed by atoms with Gasteiger partial charge in [0, 0.05) is 18.5 Å². The van der Waals surface area contributed by atoms with Gasteiger partial charge < -0.3 is 20.9 Å². The van der Waals surface area contributed by atoms with E-state index in [0.717, 1.165) is 11.5 Å². The lowest BCUT2D eigenvalue weighted by Crippen LogP contribution is -2.58. The Hall–Kier alpha value is -1.59. The first-order valence-corrected chi connectivity index (χ1v) is 10.2. The maximum Gasteiger partial charge on any atom is 0.404 e. The molecule has 150 valence electrons. The van der Waals surface area contributed by atoms with Gasteiger partial charge in [0.1, 0.15) is 12.2 Å². The molecule has 2 fully saturated rings. The normalized spacial score (nSPS) is 27.9. The molecule has 1 aromatic carbocycles. The maximum absolute atomic E-state index is 11.5. The predicted molar refractivity (Wildman–Crippen MR) is 106 cm³/mol. The molecule has 0 radical (unpaired) electrons. The van der Waals surface area contributed by atoms with Gasteiger partial charge in [0.25, 0.3) is 0 Å². The van der Waals surface area contributed by atoms with Crippen LogP contribution in [0.1, 0.15) is 52.0 Å². The summed E-state index contributed by atoms with van der Waals surface area (Å²) < 4.78 is 5.37. The second kappa shape index (κ2) is 8.19. The fourth-order valence-corrected chi connectivity index (χ4v) is 4.98. The first-order valence-electron chi connectivity index (χ1n) is 10.2. The number of rotatable bonds is 7. The lowest BCUT2D eigenvalue weighted by molar-refractivity contribution is -0.0395. The van der Waals surface area contributed by atoms with Crippen molar-refractivity contribution in [3.63, 3.8) is 0 Å². The SMILES string of the molecule is CC(C)(C)C(N[C@H]1CC2CCC1C2)[C@H](O)[C@H](Cc1ccccc1)OC(N)=O. The van der Waals surface area contributed by atoms with Gasteiger partial charge in [-0.25, -0.2) is 4.79 Å². The summed E-state index contributed by atoms with van der Waals surface area (Å²) in [6.07, 6.45) is 3.18. The van der Waals surface area contributed by atoms with E-state index < -0.39 is 18.3 Å². The quantitative estimate of drug-likeness (QED) is 0.684. The molecule has 2 aliphatic rings. The summed E-state index contributed by atoms with van der Waals surface area (Å²) in [5, 5.41) is 15.0. The number of fused-ring (bicyclic) bond motifs is 2. The number of benzene rings is 1. The number of nitrogens with two attached hydrogens (primary N) is 1. The van der Waals surface area contributed by atoms with Gasteiger partial charge in [-0.05, 0) is 42.1 Å². The number of hydrogen-bond acceptors (Lipinski definition) is 4. The summed E-state index contributed by atoms with van der Waals surface area (Å²) in [5.41, 5.74) is 6.14. The van der Waals surface area contributed by atoms with Crippen molar-refractivity contribution >= 4 is 6.09 Å². The van der Waals surface area contributed by atoms with Crippen molar-refractivity contribution in [2.45, 2.75) is 77.2 Å². The molecule has 27 heavy (non-hydrogen) atoms. The average molecular weight is 375 g/mol. The summed E-state index contributed by atoms with van der Waals surface area (Å²) in [5.74, 6) is 1.53. The van der Waals surface area contributed by atoms with Crippen molar-refractivity contribution in [2.24, 2.45) is 23.0 Å². The van der Waals surface area contributed by atoms with E-state index in [1.54, 1.807) is 0 Å². The zero-order valence-electron chi connectivity index (χ0n) is 16.7. The Balaban J connectivity index is 1.76. The van der Waals surface area contributed by atoms with Crippen LogP contribution in [0.5, 0.6) is 0 Å². The highest BCUT2D eigenvalue weighted by atomic mass is 16.6. The Morgan fingerprint density at radius 3 is 2.48 bits per heavy atom. The van der Waals surface area contributed by atoms with Crippen LogP contribution in [0.3, 0.4) is 0 Å². The molecule has 3 unspecified atom stereocenters. The minimum Gasteiger partial charge on any atom is -0.443 e. The Kier molecular flexibility index (Phi) is 6.11. The first-order chi connectivity index (χ1) is 12.7. The van der Waals surface area contributed by atoms with Gasteiger partial charge in [-0.15, -0.1) is 0 Å². The molecule has 1 aromatic rings. The van der Waals surface area contributed by atoms with E-state index in [0.29, 0.717) is 18.4 Å². The predicted octanol–water partition coefficient (Wildman–Crippen LogP) is 3.25. The molecule has 3 rings (SSSR count). The first kappa shape index (κ1) is 20.2. The number of aliphatic hydroxyl groups is 1. The molecule has 0 saturated heterocycles. The number of ether oxygens (including phenoxy) is 1. The molecule has 0 heterocycles. The Morgan fingerprint density at radius 1 is 1.26 bits per heavy atom. The second-order valence-corrected chi connectivity index (χ2v) is 9.45. The van der Waals surface area contributed by atoms with Crippen LogP contribution in [-0.4, -0.2) is 35.5 Å². The smallest absolute Gasteiger partial charge is 0.404 e. The van der Waals surface area contributed by atoms with Crippen molar-refractivity contribution in [1.29, 1.82) is 0 Å². The number of primary amides is 1. The van der Waals surface area contributed by atoms with Crippen LogP contribution in [0.15, 0.2) is 30.3 Å². The van der Waals surface area contributed by atoms with Gasteiger partial charge in [-0.3, -0.25) is 0 Å². The molecule has 6 atom stereocenters. The highest BCUT2D eigenvalue weighted by Crippen LogP contribution is 2.45. The Labute approximate surface area is 162 Å². The zero-order valence-corrected chi connectivity index (χ0v) is 16.7. The number of aliphatic hydroxyl groups excluding tert-OH is 1. The van der Waals surface area contributed by atoms with Crippen molar-refractivity contribution in [1.82, 2.24) is 5.32 Å². The van der Waals surface area contributed by atoms with E-state index in [4.69, 9.17) is 10.5 Å². The van der Waals surface area contributed by atoms with E-state index in [9.17, 15) is 9.90 Å². The summed E-state index contributed by atoms with van der Waals surface area (Å²) in [6.45, 7) is 6.35. The monoisotopic (exact) mass is 374 g/mol. The second-order valence-electron chi connectivity index (χ2n) is 9.45. The third-order valence-electron chi connectivity index (χ3n) is 6.33. The van der Waals surface area contributed by atoms with Crippen molar-refractivity contribution in [2.75, 3.05) is 0 Å². The highest BCUT2D eigenvalue weighted by Gasteiger charge is 2.44. The average Bonchev–Trinajstić information content (AvgIpc) is 3.21. The number of carbonyl (C=O) groups excluding carboxylic acids is 1. The molecule has 0 aliphatic heterocycles. The molecule has 2 bridgehead atoms. The van der Waals surface area contributed by atoms with Gasteiger partial charge in [-0.2, -0.15) is 0 Å². The molecule has 0 spiro atoms. The molecule has 4 N–H and O–H groups in total. The van der Waals surface area contributed by atoms with Crippen LogP contribution < -0.4 is 11.1 Å². The summed E-state index contributed by atoms with van der Waals surface area (Å²) in [4.78, 5) is 11.5. The number of amides is 1. The summed E-state index contributed by atoms with van der Waals surface area (Å²) in [6, 6.07) is 10.0. The van der Waals surface area contributed by atoms with Crippen LogP contribution in [0.2, 0.25) is 0 Å². The highest BCUT2D eigenvalue weighted by molar-refractivity contribution is 5.64. The fraction of sp³-hybridized carbons (Fsp3) is 0.682. The van der Waals surface area contributed by atoms with Crippen LogP contribution in [0.25, 0.3) is 0 Å². The fourth-order valence-electron chi connectivity index (χ4n) is 4.98. The van der Waals surface area contributed by atoms with Crippen molar-refractivity contribution in [3.8, 4) is 0 Å². The zero-order chi connectivity index (χ0) is 19.6. The minimum absolute atomic E-state index is 0.183. The molecular formula is C22H34N2O3. The molecule has 5 heteroatoms. The van der Waals surface area contributed by atoms with Gasteiger partial charge in [-0.1, -0.05) is 57.5 Å². The number of nitrogens with one attached hydrogen (secondary N) is 1. The van der Waals surface area contributed by atoms with E-state index >= 15 is 0 Å². The van der Waals surface area contributed by atoms with Crippen molar-refractivity contribution in [3.05, 3.63) is 35.9 Å². The van der Waals surface area contributed by atoms with Gasteiger partial charge in [0.15, 0.2) is 0 Å². The minimum atomic E-state index is -0.845. The maximum atomic E-state index is 11.5. The van der Waals surface area contributed by atoms with E-state index in [-0.39, 0.29) is 11.5 Å². The lowest BCUT2D eigenvalue weighted by atomic mass is 9.79. The van der Waals surface area contributed by atoms with Crippen LogP contribution in [0.4, 0.5) is 4.79 Å². The van der Waals surface area contributed by atoms with E-state index in [1.165, 1.54) is 25.7 Å².